The summed E-state index contributed by atoms with van der Waals surface area (Å²) >= 11 is 6.26. The molecule has 0 aliphatic carbocycles. The highest BCUT2D eigenvalue weighted by Crippen LogP contribution is 2.32. The van der Waals surface area contributed by atoms with Crippen LogP contribution in [0, 0.1) is 18.3 Å². The van der Waals surface area contributed by atoms with E-state index in [-0.39, 0.29) is 11.3 Å². The van der Waals surface area contributed by atoms with E-state index in [1.807, 2.05) is 31.2 Å². The molecule has 1 N–H and O–H groups in total. The van der Waals surface area contributed by atoms with Crippen LogP contribution in [0.3, 0.4) is 0 Å². The predicted molar refractivity (Wildman–Crippen MR) is 115 cm³/mol. The molecule has 0 saturated carbocycles. The van der Waals surface area contributed by atoms with Gasteiger partial charge in [0, 0.05) is 40.3 Å². The molecule has 146 valence electrons. The summed E-state index contributed by atoms with van der Waals surface area (Å²) in [6.45, 7) is 8.10. The Morgan fingerprint density at radius 1 is 1.10 bits per heavy atom. The van der Waals surface area contributed by atoms with Crippen molar-refractivity contribution in [1.29, 1.82) is 5.26 Å². The number of hydrogen-bond acceptors (Lipinski definition) is 4. The van der Waals surface area contributed by atoms with Gasteiger partial charge in [-0.25, -0.2) is 4.98 Å². The van der Waals surface area contributed by atoms with Gasteiger partial charge in [0.15, 0.2) is 0 Å². The number of aromatic nitrogens is 2. The van der Waals surface area contributed by atoms with E-state index in [0.29, 0.717) is 27.5 Å². The molecule has 2 heterocycles. The van der Waals surface area contributed by atoms with Crippen molar-refractivity contribution in [3.8, 4) is 17.2 Å². The number of rotatable bonds is 3. The summed E-state index contributed by atoms with van der Waals surface area (Å²) in [5.41, 5.74) is 4.71. The first-order valence-electron chi connectivity index (χ1n) is 9.13. The van der Waals surface area contributed by atoms with Crippen molar-refractivity contribution in [3.63, 3.8) is 0 Å². The van der Waals surface area contributed by atoms with Gasteiger partial charge in [0.05, 0.1) is 5.56 Å². The average molecular weight is 405 g/mol. The first-order chi connectivity index (χ1) is 13.7. The largest absolute Gasteiger partial charge is 0.322 e. The molecule has 0 aliphatic heterocycles. The van der Waals surface area contributed by atoms with E-state index in [9.17, 15) is 4.79 Å². The number of amides is 1. The Hall–Kier alpha value is -3.23. The molecule has 0 bridgehead atoms. The van der Waals surface area contributed by atoms with Gasteiger partial charge >= 0.3 is 0 Å². The van der Waals surface area contributed by atoms with Crippen molar-refractivity contribution in [3.05, 3.63) is 76.3 Å². The van der Waals surface area contributed by atoms with Crippen molar-refractivity contribution < 1.29 is 4.79 Å². The fourth-order valence-corrected chi connectivity index (χ4v) is 3.08. The summed E-state index contributed by atoms with van der Waals surface area (Å²) in [4.78, 5) is 21.2. The van der Waals surface area contributed by atoms with E-state index in [0.717, 1.165) is 16.8 Å². The fraction of sp³-hybridized carbons (Fsp3) is 0.217. The predicted octanol–water partition coefficient (Wildman–Crippen LogP) is 5.53. The molecule has 0 unspecified atom stereocenters. The molecule has 5 nitrogen and oxygen atoms in total. The lowest BCUT2D eigenvalue weighted by molar-refractivity contribution is 0.102. The van der Waals surface area contributed by atoms with E-state index in [1.54, 1.807) is 18.3 Å². The normalized spacial score (nSPS) is 11.0. The molecule has 3 aromatic rings. The van der Waals surface area contributed by atoms with Crippen molar-refractivity contribution in [1.82, 2.24) is 9.97 Å². The van der Waals surface area contributed by atoms with Crippen LogP contribution in [-0.2, 0) is 5.41 Å². The number of pyridine rings is 2. The van der Waals surface area contributed by atoms with Gasteiger partial charge in [0.2, 0.25) is 0 Å². The minimum atomic E-state index is -0.220. The van der Waals surface area contributed by atoms with Gasteiger partial charge in [-0.15, -0.1) is 0 Å². The fourth-order valence-electron chi connectivity index (χ4n) is 2.87. The zero-order valence-electron chi connectivity index (χ0n) is 16.7. The third-order valence-electron chi connectivity index (χ3n) is 4.54. The average Bonchev–Trinajstić information content (AvgIpc) is 2.69. The molecule has 0 atom stereocenters. The minimum absolute atomic E-state index is 0.150. The number of nitriles is 1. The van der Waals surface area contributed by atoms with Crippen molar-refractivity contribution in [2.75, 3.05) is 5.32 Å². The Morgan fingerprint density at radius 3 is 2.55 bits per heavy atom. The highest BCUT2D eigenvalue weighted by molar-refractivity contribution is 6.32. The number of hydrogen-bond donors (Lipinski definition) is 1. The molecule has 29 heavy (non-hydrogen) atoms. The minimum Gasteiger partial charge on any atom is -0.322 e. The molecule has 1 amide bonds. The van der Waals surface area contributed by atoms with Gasteiger partial charge in [-0.1, -0.05) is 38.4 Å². The van der Waals surface area contributed by atoms with Gasteiger partial charge in [-0.05, 0) is 48.4 Å². The Morgan fingerprint density at radius 2 is 1.86 bits per heavy atom. The van der Waals surface area contributed by atoms with Crippen molar-refractivity contribution in [2.24, 2.45) is 0 Å². The van der Waals surface area contributed by atoms with Crippen LogP contribution in [0.25, 0.3) is 11.1 Å². The quantitative estimate of drug-likeness (QED) is 0.582. The molecule has 3 rings (SSSR count). The van der Waals surface area contributed by atoms with E-state index in [2.05, 4.69) is 42.1 Å². The van der Waals surface area contributed by atoms with E-state index in [4.69, 9.17) is 16.9 Å². The van der Waals surface area contributed by atoms with Crippen LogP contribution in [0.15, 0.2) is 48.8 Å². The number of anilines is 1. The van der Waals surface area contributed by atoms with E-state index >= 15 is 0 Å². The molecular formula is C23H21ClN4O. The van der Waals surface area contributed by atoms with Gasteiger partial charge in [0.25, 0.3) is 5.91 Å². The molecule has 6 heteroatoms. The highest BCUT2D eigenvalue weighted by atomic mass is 35.5. The molecule has 2 aromatic heterocycles. The van der Waals surface area contributed by atoms with E-state index in [1.165, 1.54) is 6.20 Å². The summed E-state index contributed by atoms with van der Waals surface area (Å²) in [5.74, 6) is -0.220. The number of carbonyl (C=O) groups excluding carboxylic acids is 1. The molecule has 0 spiro atoms. The van der Waals surface area contributed by atoms with Gasteiger partial charge in [-0.2, -0.15) is 5.26 Å². The second kappa shape index (κ2) is 8.02. The summed E-state index contributed by atoms with van der Waals surface area (Å²) in [5, 5.41) is 12.4. The number of aryl methyl sites for hydroxylation is 1. The number of benzene rings is 1. The number of nitrogens with one attached hydrogen (secondary N) is 1. The summed E-state index contributed by atoms with van der Waals surface area (Å²) in [6.07, 6.45) is 3.08. The van der Waals surface area contributed by atoms with Gasteiger partial charge in [0.1, 0.15) is 11.2 Å². The summed E-state index contributed by atoms with van der Waals surface area (Å²) < 4.78 is 0. The molecule has 0 radical (unpaired) electrons. The SMILES string of the molecule is Cc1ccc(NC(=O)c2ccnc(C(C)(C)C)c2)cc1-c1cc(C#N)cnc1Cl. The van der Waals surface area contributed by atoms with Crippen molar-refractivity contribution in [2.45, 2.75) is 33.1 Å². The Labute approximate surface area is 175 Å². The number of halogens is 1. The standard InChI is InChI=1S/C23H21ClN4O/c1-14-5-6-17(11-18(14)19-9-15(12-25)13-27-21(19)24)28-22(29)16-7-8-26-20(10-16)23(2,3)4/h5-11,13H,1-4H3,(H,28,29). The second-order valence-electron chi connectivity index (χ2n) is 7.84. The lowest BCUT2D eigenvalue weighted by Crippen LogP contribution is -2.17. The first-order valence-corrected chi connectivity index (χ1v) is 9.51. The molecule has 0 saturated heterocycles. The van der Waals surface area contributed by atoms with Crippen LogP contribution in [0.5, 0.6) is 0 Å². The summed E-state index contributed by atoms with van der Waals surface area (Å²) in [6, 6.07) is 12.8. The van der Waals surface area contributed by atoms with Crippen LogP contribution in [0.1, 0.15) is 48.0 Å². The smallest absolute Gasteiger partial charge is 0.255 e. The Kier molecular flexibility index (Phi) is 5.67. The van der Waals surface area contributed by atoms with Crippen LogP contribution in [0.2, 0.25) is 5.15 Å². The van der Waals surface area contributed by atoms with Crippen LogP contribution < -0.4 is 5.32 Å². The Balaban J connectivity index is 1.93. The third-order valence-corrected chi connectivity index (χ3v) is 4.85. The first kappa shape index (κ1) is 20.5. The van der Waals surface area contributed by atoms with Gasteiger partial charge in [-0.3, -0.25) is 9.78 Å². The number of nitrogens with zero attached hydrogens (tertiary/aromatic N) is 3. The summed E-state index contributed by atoms with van der Waals surface area (Å²) in [7, 11) is 0. The zero-order valence-corrected chi connectivity index (χ0v) is 17.5. The lowest BCUT2D eigenvalue weighted by atomic mass is 9.91. The van der Waals surface area contributed by atoms with Crippen molar-refractivity contribution >= 4 is 23.2 Å². The molecule has 0 aliphatic rings. The maximum Gasteiger partial charge on any atom is 0.255 e. The maximum absolute atomic E-state index is 12.8. The topological polar surface area (TPSA) is 78.7 Å². The molecule has 0 fully saturated rings. The van der Waals surface area contributed by atoms with Crippen LogP contribution in [-0.4, -0.2) is 15.9 Å². The van der Waals surface area contributed by atoms with Crippen LogP contribution in [0.4, 0.5) is 5.69 Å². The number of carbonyl (C=O) groups is 1. The highest BCUT2D eigenvalue weighted by Gasteiger charge is 2.18. The second-order valence-corrected chi connectivity index (χ2v) is 8.20. The van der Waals surface area contributed by atoms with Gasteiger partial charge < -0.3 is 5.32 Å². The zero-order chi connectivity index (χ0) is 21.2. The van der Waals surface area contributed by atoms with Crippen LogP contribution >= 0.6 is 11.6 Å². The Bertz CT molecular complexity index is 1130. The van der Waals surface area contributed by atoms with E-state index < -0.39 is 0 Å². The monoisotopic (exact) mass is 404 g/mol. The lowest BCUT2D eigenvalue weighted by Gasteiger charge is -2.18. The maximum atomic E-state index is 12.8. The molecular weight excluding hydrogens is 384 g/mol. The third kappa shape index (κ3) is 4.61. The molecule has 1 aromatic carbocycles.